The van der Waals surface area contributed by atoms with Gasteiger partial charge in [-0.3, -0.25) is 0 Å². The minimum Gasteiger partial charge on any atom is -0.227 e. The molecule has 5 heteroatoms. The van der Waals surface area contributed by atoms with Crippen LogP contribution in [0.4, 0.5) is 4.39 Å². The smallest absolute Gasteiger partial charge is 0.164 e. The minimum absolute atomic E-state index is 0.0351. The van der Waals surface area contributed by atoms with E-state index in [0.717, 1.165) is 22.0 Å². The molecule has 106 valence electrons. The Morgan fingerprint density at radius 3 is 2.57 bits per heavy atom. The molecule has 0 spiro atoms. The van der Waals surface area contributed by atoms with Gasteiger partial charge in [0.15, 0.2) is 11.6 Å². The summed E-state index contributed by atoms with van der Waals surface area (Å²) >= 11 is 12.1. The summed E-state index contributed by atoms with van der Waals surface area (Å²) in [6.45, 7) is 3.92. The molecule has 0 saturated heterocycles. The molecule has 0 radical (unpaired) electrons. The third kappa shape index (κ3) is 2.47. The van der Waals surface area contributed by atoms with Crippen molar-refractivity contribution >= 4 is 34.1 Å². The zero-order valence-corrected chi connectivity index (χ0v) is 12.9. The third-order valence-electron chi connectivity index (χ3n) is 3.28. The summed E-state index contributed by atoms with van der Waals surface area (Å²) in [5.74, 6) is -0.307. The minimum atomic E-state index is -0.542. The summed E-state index contributed by atoms with van der Waals surface area (Å²) in [5, 5.41) is 1.11. The van der Waals surface area contributed by atoms with E-state index in [1.807, 2.05) is 26.0 Å². The van der Waals surface area contributed by atoms with E-state index in [1.165, 1.54) is 6.07 Å². The summed E-state index contributed by atoms with van der Waals surface area (Å²) in [6, 6.07) is 8.65. The van der Waals surface area contributed by atoms with Gasteiger partial charge in [0.2, 0.25) is 0 Å². The first-order valence-electron chi connectivity index (χ1n) is 6.36. The molecule has 0 saturated carbocycles. The van der Waals surface area contributed by atoms with Gasteiger partial charge in [-0.1, -0.05) is 40.9 Å². The van der Waals surface area contributed by atoms with Crippen LogP contribution in [0.2, 0.25) is 10.2 Å². The molecule has 0 unspecified atom stereocenters. The monoisotopic (exact) mass is 320 g/mol. The zero-order chi connectivity index (χ0) is 15.1. The van der Waals surface area contributed by atoms with Crippen LogP contribution in [0.25, 0.3) is 22.3 Å². The fourth-order valence-electron chi connectivity index (χ4n) is 2.35. The number of halogens is 3. The summed E-state index contributed by atoms with van der Waals surface area (Å²) < 4.78 is 14.1. The van der Waals surface area contributed by atoms with Gasteiger partial charge in [-0.2, -0.15) is 0 Å². The molecule has 2 aromatic carbocycles. The van der Waals surface area contributed by atoms with Crippen LogP contribution in [0, 0.1) is 19.7 Å². The highest BCUT2D eigenvalue weighted by Crippen LogP contribution is 2.30. The molecule has 1 heterocycles. The van der Waals surface area contributed by atoms with Gasteiger partial charge in [-0.15, -0.1) is 0 Å². The van der Waals surface area contributed by atoms with Gasteiger partial charge in [-0.25, -0.2) is 14.4 Å². The van der Waals surface area contributed by atoms with Crippen molar-refractivity contribution in [3.63, 3.8) is 0 Å². The lowest BCUT2D eigenvalue weighted by molar-refractivity contribution is 0.630. The Labute approximate surface area is 131 Å². The lowest BCUT2D eigenvalue weighted by Crippen LogP contribution is -1.96. The van der Waals surface area contributed by atoms with Crippen molar-refractivity contribution < 1.29 is 4.39 Å². The Hall–Kier alpha value is -1.71. The summed E-state index contributed by atoms with van der Waals surface area (Å²) in [7, 11) is 0. The van der Waals surface area contributed by atoms with E-state index in [9.17, 15) is 4.39 Å². The van der Waals surface area contributed by atoms with E-state index in [4.69, 9.17) is 23.2 Å². The van der Waals surface area contributed by atoms with Crippen molar-refractivity contribution in [2.45, 2.75) is 13.8 Å². The zero-order valence-electron chi connectivity index (χ0n) is 11.4. The molecule has 0 atom stereocenters. The molecule has 0 aliphatic carbocycles. The van der Waals surface area contributed by atoms with Gasteiger partial charge in [0.25, 0.3) is 0 Å². The first kappa shape index (κ1) is 14.2. The molecule has 0 aliphatic rings. The van der Waals surface area contributed by atoms with Crippen molar-refractivity contribution in [3.8, 4) is 11.4 Å². The second-order valence-corrected chi connectivity index (χ2v) is 5.68. The molecule has 21 heavy (non-hydrogen) atoms. The quantitative estimate of drug-likeness (QED) is 0.564. The van der Waals surface area contributed by atoms with E-state index in [-0.39, 0.29) is 16.4 Å². The van der Waals surface area contributed by atoms with Crippen LogP contribution in [0.3, 0.4) is 0 Å². The van der Waals surface area contributed by atoms with Crippen LogP contribution < -0.4 is 0 Å². The number of aromatic nitrogens is 2. The average molecular weight is 321 g/mol. The molecule has 0 aliphatic heterocycles. The van der Waals surface area contributed by atoms with E-state index in [2.05, 4.69) is 9.97 Å². The topological polar surface area (TPSA) is 25.8 Å². The summed E-state index contributed by atoms with van der Waals surface area (Å²) in [4.78, 5) is 8.67. The van der Waals surface area contributed by atoms with E-state index >= 15 is 0 Å². The highest BCUT2D eigenvalue weighted by Gasteiger charge is 2.15. The molecule has 0 fully saturated rings. The molecule has 3 aromatic rings. The number of hydrogen-bond acceptors (Lipinski definition) is 2. The molecule has 2 nitrogen and oxygen atoms in total. The number of nitrogens with zero attached hydrogens (tertiary/aromatic N) is 2. The third-order valence-corrected chi connectivity index (χ3v) is 3.86. The van der Waals surface area contributed by atoms with Gasteiger partial charge in [0, 0.05) is 5.39 Å². The Morgan fingerprint density at radius 2 is 1.81 bits per heavy atom. The number of hydrogen-bond donors (Lipinski definition) is 0. The predicted molar refractivity (Wildman–Crippen MR) is 84.4 cm³/mol. The van der Waals surface area contributed by atoms with Crippen molar-refractivity contribution in [1.29, 1.82) is 0 Å². The average Bonchev–Trinajstić information content (AvgIpc) is 2.43. The van der Waals surface area contributed by atoms with Crippen LogP contribution in [-0.2, 0) is 0 Å². The lowest BCUT2D eigenvalue weighted by atomic mass is 10.1. The van der Waals surface area contributed by atoms with Gasteiger partial charge >= 0.3 is 0 Å². The van der Waals surface area contributed by atoms with Gasteiger partial charge in [0.1, 0.15) is 5.15 Å². The van der Waals surface area contributed by atoms with Gasteiger partial charge < -0.3 is 0 Å². The van der Waals surface area contributed by atoms with Crippen LogP contribution >= 0.6 is 23.2 Å². The summed E-state index contributed by atoms with van der Waals surface area (Å²) in [5.41, 5.74) is 3.01. The maximum Gasteiger partial charge on any atom is 0.164 e. The summed E-state index contributed by atoms with van der Waals surface area (Å²) in [6.07, 6.45) is 0. The lowest BCUT2D eigenvalue weighted by Gasteiger charge is -2.09. The molecular formula is C16H11Cl2FN2. The van der Waals surface area contributed by atoms with Crippen LogP contribution in [0.5, 0.6) is 0 Å². The Balaban J connectivity index is 2.33. The fraction of sp³-hybridized carbons (Fsp3) is 0.125. The molecule has 0 N–H and O–H groups in total. The largest absolute Gasteiger partial charge is 0.227 e. The standard InChI is InChI=1S/C16H11Cl2FN2/c1-8-6-9(2)14-11(7-8)15(18)21-16(20-14)10-4-3-5-12(17)13(10)19/h3-7H,1-2H3. The molecule has 0 bridgehead atoms. The number of aryl methyl sites for hydroxylation is 2. The number of fused-ring (bicyclic) bond motifs is 1. The molecule has 3 rings (SSSR count). The Morgan fingerprint density at radius 1 is 1.05 bits per heavy atom. The maximum atomic E-state index is 14.1. The van der Waals surface area contributed by atoms with Crippen LogP contribution in [-0.4, -0.2) is 9.97 Å². The highest BCUT2D eigenvalue weighted by molar-refractivity contribution is 6.34. The molecular weight excluding hydrogens is 310 g/mol. The normalized spacial score (nSPS) is 11.1. The van der Waals surface area contributed by atoms with Crippen molar-refractivity contribution in [1.82, 2.24) is 9.97 Å². The van der Waals surface area contributed by atoms with Crippen LogP contribution in [0.1, 0.15) is 11.1 Å². The first-order chi connectivity index (χ1) is 9.97. The Kier molecular flexibility index (Phi) is 3.56. The molecule has 1 aromatic heterocycles. The van der Waals surface area contributed by atoms with Crippen molar-refractivity contribution in [3.05, 3.63) is 57.5 Å². The maximum absolute atomic E-state index is 14.1. The predicted octanol–water partition coefficient (Wildman–Crippen LogP) is 5.36. The SMILES string of the molecule is Cc1cc(C)c2nc(-c3cccc(Cl)c3F)nc(Cl)c2c1. The highest BCUT2D eigenvalue weighted by atomic mass is 35.5. The second kappa shape index (κ2) is 5.24. The van der Waals surface area contributed by atoms with Gasteiger partial charge in [-0.05, 0) is 37.6 Å². The Bertz CT molecular complexity index is 863. The van der Waals surface area contributed by atoms with Crippen LogP contribution in [0.15, 0.2) is 30.3 Å². The number of rotatable bonds is 1. The van der Waals surface area contributed by atoms with E-state index in [0.29, 0.717) is 5.15 Å². The molecule has 0 amide bonds. The first-order valence-corrected chi connectivity index (χ1v) is 7.12. The van der Waals surface area contributed by atoms with E-state index in [1.54, 1.807) is 12.1 Å². The van der Waals surface area contributed by atoms with Crippen molar-refractivity contribution in [2.75, 3.05) is 0 Å². The second-order valence-electron chi connectivity index (χ2n) is 4.92. The van der Waals surface area contributed by atoms with E-state index < -0.39 is 5.82 Å². The van der Waals surface area contributed by atoms with Gasteiger partial charge in [0.05, 0.1) is 16.1 Å². The number of benzene rings is 2. The van der Waals surface area contributed by atoms with Crippen molar-refractivity contribution in [2.24, 2.45) is 0 Å². The fourth-order valence-corrected chi connectivity index (χ4v) is 2.75.